The lowest BCUT2D eigenvalue weighted by molar-refractivity contribution is -0.123. The van der Waals surface area contributed by atoms with Crippen LogP contribution >= 0.6 is 0 Å². The predicted molar refractivity (Wildman–Crippen MR) is 101 cm³/mol. The van der Waals surface area contributed by atoms with Gasteiger partial charge < -0.3 is 4.74 Å². The molecule has 0 saturated heterocycles. The first-order valence-corrected chi connectivity index (χ1v) is 8.13. The summed E-state index contributed by atoms with van der Waals surface area (Å²) < 4.78 is 5.54. The third-order valence-corrected chi connectivity index (χ3v) is 3.91. The maximum absolute atomic E-state index is 11.9. The lowest BCUT2D eigenvalue weighted by Gasteiger charge is -2.08. The van der Waals surface area contributed by atoms with Gasteiger partial charge in [0.2, 0.25) is 0 Å². The van der Waals surface area contributed by atoms with E-state index in [1.807, 2.05) is 74.5 Å². The van der Waals surface area contributed by atoms with E-state index in [0.717, 1.165) is 27.5 Å². The predicted octanol–water partition coefficient (Wildman–Crippen LogP) is 3.99. The number of carbonyl (C=O) groups excluding carboxylic acids is 1. The number of hydrazone groups is 1. The Morgan fingerprint density at radius 1 is 1.08 bits per heavy atom. The van der Waals surface area contributed by atoms with E-state index in [1.165, 1.54) is 0 Å². The summed E-state index contributed by atoms with van der Waals surface area (Å²) in [4.78, 5) is 11.9. The van der Waals surface area contributed by atoms with Crippen LogP contribution < -0.4 is 10.2 Å². The van der Waals surface area contributed by atoms with Gasteiger partial charge in [-0.3, -0.25) is 4.79 Å². The minimum atomic E-state index is -0.295. The summed E-state index contributed by atoms with van der Waals surface area (Å²) in [5.41, 5.74) is 5.62. The molecule has 0 saturated carbocycles. The van der Waals surface area contributed by atoms with Crippen LogP contribution in [0, 0.1) is 13.8 Å². The van der Waals surface area contributed by atoms with E-state index in [1.54, 1.807) is 6.21 Å². The zero-order valence-corrected chi connectivity index (χ0v) is 14.3. The Morgan fingerprint density at radius 3 is 2.72 bits per heavy atom. The van der Waals surface area contributed by atoms with Crippen molar-refractivity contribution in [1.29, 1.82) is 0 Å². The molecule has 3 aromatic carbocycles. The van der Waals surface area contributed by atoms with Crippen LogP contribution in [0.3, 0.4) is 0 Å². The highest BCUT2D eigenvalue weighted by Gasteiger charge is 2.04. The van der Waals surface area contributed by atoms with Gasteiger partial charge in [-0.25, -0.2) is 5.43 Å². The van der Waals surface area contributed by atoms with E-state index < -0.39 is 0 Å². The molecular weight excluding hydrogens is 312 g/mol. The molecule has 0 aromatic heterocycles. The first-order chi connectivity index (χ1) is 12.1. The molecule has 0 aliphatic heterocycles. The Kier molecular flexibility index (Phi) is 5.09. The second kappa shape index (κ2) is 7.62. The summed E-state index contributed by atoms with van der Waals surface area (Å²) in [6.45, 7) is 3.90. The molecule has 126 valence electrons. The van der Waals surface area contributed by atoms with E-state index in [9.17, 15) is 4.79 Å². The van der Waals surface area contributed by atoms with Crippen LogP contribution in [0.25, 0.3) is 10.8 Å². The molecule has 0 heterocycles. The molecule has 4 heteroatoms. The van der Waals surface area contributed by atoms with Crippen LogP contribution in [0.15, 0.2) is 65.8 Å². The van der Waals surface area contributed by atoms with Gasteiger partial charge in [0.25, 0.3) is 5.91 Å². The van der Waals surface area contributed by atoms with Crippen molar-refractivity contribution in [3.05, 3.63) is 77.4 Å². The zero-order chi connectivity index (χ0) is 17.6. The molecular formula is C21H20N2O2. The van der Waals surface area contributed by atoms with E-state index in [4.69, 9.17) is 4.74 Å². The largest absolute Gasteiger partial charge is 0.483 e. The van der Waals surface area contributed by atoms with Gasteiger partial charge >= 0.3 is 0 Å². The number of amides is 1. The number of fused-ring (bicyclic) bond motifs is 1. The topological polar surface area (TPSA) is 50.7 Å². The normalized spacial score (nSPS) is 11.0. The third-order valence-electron chi connectivity index (χ3n) is 3.91. The SMILES string of the molecule is Cc1ccc(OCC(=O)N/N=C\c2cccc3ccccc23)c(C)c1. The molecule has 0 fully saturated rings. The second-order valence-corrected chi connectivity index (χ2v) is 5.92. The number of benzene rings is 3. The summed E-state index contributed by atoms with van der Waals surface area (Å²) in [7, 11) is 0. The van der Waals surface area contributed by atoms with Crippen LogP contribution in [0.5, 0.6) is 5.75 Å². The van der Waals surface area contributed by atoms with Gasteiger partial charge in [0.15, 0.2) is 6.61 Å². The number of ether oxygens (including phenoxy) is 1. The maximum atomic E-state index is 11.9. The average molecular weight is 332 g/mol. The lowest BCUT2D eigenvalue weighted by atomic mass is 10.1. The standard InChI is InChI=1S/C21H20N2O2/c1-15-10-11-20(16(2)12-15)25-14-21(24)23-22-13-18-8-5-7-17-6-3-4-9-19(17)18/h3-13H,14H2,1-2H3,(H,23,24)/b22-13-. The Labute approximate surface area is 147 Å². The van der Waals surface area contributed by atoms with Crippen LogP contribution in [0.1, 0.15) is 16.7 Å². The zero-order valence-electron chi connectivity index (χ0n) is 14.3. The van der Waals surface area contributed by atoms with Gasteiger partial charge in [0.05, 0.1) is 6.21 Å². The molecule has 0 aliphatic rings. The van der Waals surface area contributed by atoms with Crippen LogP contribution in [-0.2, 0) is 4.79 Å². The summed E-state index contributed by atoms with van der Waals surface area (Å²) in [5, 5.41) is 6.26. The maximum Gasteiger partial charge on any atom is 0.277 e. The number of carbonyl (C=O) groups is 1. The Balaban J connectivity index is 1.59. The summed E-state index contributed by atoms with van der Waals surface area (Å²) in [5.74, 6) is 0.412. The molecule has 0 atom stereocenters. The quantitative estimate of drug-likeness (QED) is 0.567. The molecule has 4 nitrogen and oxygen atoms in total. The van der Waals surface area contributed by atoms with Crippen LogP contribution in [0.4, 0.5) is 0 Å². The monoisotopic (exact) mass is 332 g/mol. The van der Waals surface area contributed by atoms with E-state index >= 15 is 0 Å². The fraction of sp³-hybridized carbons (Fsp3) is 0.143. The summed E-state index contributed by atoms with van der Waals surface area (Å²) >= 11 is 0. The molecule has 3 rings (SSSR count). The molecule has 0 radical (unpaired) electrons. The van der Waals surface area contributed by atoms with Crippen molar-refractivity contribution in [3.8, 4) is 5.75 Å². The Hall–Kier alpha value is -3.14. The number of nitrogens with zero attached hydrogens (tertiary/aromatic N) is 1. The van der Waals surface area contributed by atoms with Crippen LogP contribution in [-0.4, -0.2) is 18.7 Å². The highest BCUT2D eigenvalue weighted by molar-refractivity contribution is 5.99. The molecule has 1 amide bonds. The minimum absolute atomic E-state index is 0.0726. The Morgan fingerprint density at radius 2 is 1.88 bits per heavy atom. The van der Waals surface area contributed by atoms with Crippen LogP contribution in [0.2, 0.25) is 0 Å². The van der Waals surface area contributed by atoms with Gasteiger partial charge in [-0.15, -0.1) is 0 Å². The molecule has 3 aromatic rings. The second-order valence-electron chi connectivity index (χ2n) is 5.92. The lowest BCUT2D eigenvalue weighted by Crippen LogP contribution is -2.24. The first kappa shape index (κ1) is 16.7. The van der Waals surface area contributed by atoms with Crippen molar-refractivity contribution in [2.45, 2.75) is 13.8 Å². The number of aryl methyl sites for hydroxylation is 2. The van der Waals surface area contributed by atoms with E-state index in [0.29, 0.717) is 5.75 Å². The van der Waals surface area contributed by atoms with Crippen molar-refractivity contribution in [3.63, 3.8) is 0 Å². The van der Waals surface area contributed by atoms with Gasteiger partial charge in [0, 0.05) is 5.56 Å². The smallest absolute Gasteiger partial charge is 0.277 e. The fourth-order valence-electron chi connectivity index (χ4n) is 2.67. The fourth-order valence-corrected chi connectivity index (χ4v) is 2.67. The van der Waals surface area contributed by atoms with Crippen molar-refractivity contribution in [2.24, 2.45) is 5.10 Å². The summed E-state index contributed by atoms with van der Waals surface area (Å²) in [6.07, 6.45) is 1.65. The molecule has 0 aliphatic carbocycles. The third kappa shape index (κ3) is 4.23. The van der Waals surface area contributed by atoms with Gasteiger partial charge in [-0.1, -0.05) is 60.2 Å². The van der Waals surface area contributed by atoms with Crippen molar-refractivity contribution in [2.75, 3.05) is 6.61 Å². The number of rotatable bonds is 5. The number of hydrogen-bond acceptors (Lipinski definition) is 3. The minimum Gasteiger partial charge on any atom is -0.483 e. The van der Waals surface area contributed by atoms with Gasteiger partial charge in [-0.2, -0.15) is 5.10 Å². The van der Waals surface area contributed by atoms with Crippen molar-refractivity contribution in [1.82, 2.24) is 5.43 Å². The van der Waals surface area contributed by atoms with Crippen molar-refractivity contribution >= 4 is 22.9 Å². The highest BCUT2D eigenvalue weighted by Crippen LogP contribution is 2.18. The molecule has 25 heavy (non-hydrogen) atoms. The first-order valence-electron chi connectivity index (χ1n) is 8.13. The highest BCUT2D eigenvalue weighted by atomic mass is 16.5. The van der Waals surface area contributed by atoms with E-state index in [2.05, 4.69) is 10.5 Å². The molecule has 0 spiro atoms. The number of nitrogens with one attached hydrogen (secondary N) is 1. The van der Waals surface area contributed by atoms with Crippen molar-refractivity contribution < 1.29 is 9.53 Å². The van der Waals surface area contributed by atoms with Gasteiger partial charge in [0.1, 0.15) is 5.75 Å². The van der Waals surface area contributed by atoms with E-state index in [-0.39, 0.29) is 12.5 Å². The average Bonchev–Trinajstić information content (AvgIpc) is 2.61. The molecule has 1 N–H and O–H groups in total. The summed E-state index contributed by atoms with van der Waals surface area (Å²) in [6, 6.07) is 19.9. The van der Waals surface area contributed by atoms with Gasteiger partial charge in [-0.05, 0) is 36.2 Å². The molecule has 0 bridgehead atoms. The number of hydrogen-bond donors (Lipinski definition) is 1. The molecule has 0 unspecified atom stereocenters. The Bertz CT molecular complexity index is 927.